The number of anilines is 2. The number of hydrogen-bond acceptors (Lipinski definition) is 6. The van der Waals surface area contributed by atoms with Gasteiger partial charge in [-0.1, -0.05) is 37.8 Å². The van der Waals surface area contributed by atoms with E-state index in [0.717, 1.165) is 56.3 Å². The Kier molecular flexibility index (Phi) is 6.46. The third-order valence-corrected chi connectivity index (χ3v) is 7.00. The first kappa shape index (κ1) is 21.0. The molecule has 1 N–H and O–H groups in total. The predicted molar refractivity (Wildman–Crippen MR) is 128 cm³/mol. The molecule has 1 unspecified atom stereocenters. The standard InChI is InChI=1S/C23H31N5OS/c1-16(2)18-6-7-20(26-22(29)19-5-4-8-24-14-19)21(13-18)27-9-11-28(12-10-27)23-25-17(3)15-30-23/h5-7,13-14,16-17H,4,8-12,15H2,1-3H3,(H,26,29). The average molecular weight is 426 g/mol. The van der Waals surface area contributed by atoms with E-state index < -0.39 is 0 Å². The molecule has 3 aliphatic rings. The number of thioether (sulfide) groups is 1. The van der Waals surface area contributed by atoms with Crippen molar-refractivity contribution in [3.63, 3.8) is 0 Å². The molecule has 7 heteroatoms. The quantitative estimate of drug-likeness (QED) is 0.798. The molecule has 3 aliphatic heterocycles. The zero-order valence-electron chi connectivity index (χ0n) is 18.1. The number of amidine groups is 1. The molecule has 0 aliphatic carbocycles. The Hall–Kier alpha value is -2.28. The van der Waals surface area contributed by atoms with Gasteiger partial charge in [-0.2, -0.15) is 0 Å². The van der Waals surface area contributed by atoms with Crippen molar-refractivity contribution in [2.75, 3.05) is 48.7 Å². The topological polar surface area (TPSA) is 60.3 Å². The van der Waals surface area contributed by atoms with Gasteiger partial charge in [0.05, 0.1) is 23.0 Å². The number of nitrogens with zero attached hydrogens (tertiary/aromatic N) is 4. The lowest BCUT2D eigenvalue weighted by molar-refractivity contribution is -0.112. The van der Waals surface area contributed by atoms with Crippen LogP contribution in [0.4, 0.5) is 11.4 Å². The summed E-state index contributed by atoms with van der Waals surface area (Å²) >= 11 is 1.87. The van der Waals surface area contributed by atoms with Crippen LogP contribution in [0.3, 0.4) is 0 Å². The van der Waals surface area contributed by atoms with Crippen molar-refractivity contribution in [1.29, 1.82) is 0 Å². The summed E-state index contributed by atoms with van der Waals surface area (Å²) in [4.78, 5) is 26.6. The van der Waals surface area contributed by atoms with Crippen LogP contribution in [-0.2, 0) is 4.79 Å². The van der Waals surface area contributed by atoms with Gasteiger partial charge in [-0.25, -0.2) is 0 Å². The molecule has 0 saturated carbocycles. The summed E-state index contributed by atoms with van der Waals surface area (Å²) in [6, 6.07) is 6.83. The maximum absolute atomic E-state index is 12.8. The molecule has 6 nitrogen and oxygen atoms in total. The zero-order chi connectivity index (χ0) is 21.1. The average Bonchev–Trinajstić information content (AvgIpc) is 3.21. The minimum Gasteiger partial charge on any atom is -0.366 e. The number of amides is 1. The molecule has 1 aromatic rings. The van der Waals surface area contributed by atoms with Crippen molar-refractivity contribution in [2.24, 2.45) is 9.98 Å². The number of hydrogen-bond donors (Lipinski definition) is 1. The summed E-state index contributed by atoms with van der Waals surface area (Å²) in [6.07, 6.45) is 4.46. The summed E-state index contributed by atoms with van der Waals surface area (Å²) in [5, 5.41) is 4.32. The first-order valence-electron chi connectivity index (χ1n) is 10.9. The Morgan fingerprint density at radius 3 is 2.60 bits per heavy atom. The summed E-state index contributed by atoms with van der Waals surface area (Å²) in [6.45, 7) is 11.1. The lowest BCUT2D eigenvalue weighted by Crippen LogP contribution is -2.48. The highest BCUT2D eigenvalue weighted by Crippen LogP contribution is 2.32. The molecular weight excluding hydrogens is 394 g/mol. The van der Waals surface area contributed by atoms with E-state index in [4.69, 9.17) is 4.99 Å². The minimum atomic E-state index is -0.0821. The number of aliphatic imine (C=N–C) groups is 2. The van der Waals surface area contributed by atoms with Gasteiger partial charge >= 0.3 is 0 Å². The predicted octanol–water partition coefficient (Wildman–Crippen LogP) is 3.76. The lowest BCUT2D eigenvalue weighted by atomic mass is 10.0. The molecule has 0 aromatic heterocycles. The van der Waals surface area contributed by atoms with Crippen LogP contribution in [0.15, 0.2) is 39.8 Å². The summed E-state index contributed by atoms with van der Waals surface area (Å²) in [7, 11) is 0. The number of nitrogens with one attached hydrogen (secondary N) is 1. The molecule has 1 aromatic carbocycles. The summed E-state index contributed by atoms with van der Waals surface area (Å²) < 4.78 is 0. The molecule has 0 radical (unpaired) electrons. The molecule has 0 spiro atoms. The highest BCUT2D eigenvalue weighted by Gasteiger charge is 2.26. The molecule has 160 valence electrons. The Labute approximate surface area is 183 Å². The number of carbonyl (C=O) groups is 1. The number of benzene rings is 1. The second-order valence-electron chi connectivity index (χ2n) is 8.41. The largest absolute Gasteiger partial charge is 0.366 e. The first-order valence-corrected chi connectivity index (χ1v) is 11.9. The fourth-order valence-corrected chi connectivity index (χ4v) is 4.99. The molecule has 0 bridgehead atoms. The normalized spacial score (nSPS) is 21.7. The molecule has 30 heavy (non-hydrogen) atoms. The number of rotatable bonds is 4. The van der Waals surface area contributed by atoms with E-state index in [1.54, 1.807) is 6.21 Å². The maximum Gasteiger partial charge on any atom is 0.256 e. The van der Waals surface area contributed by atoms with Crippen LogP contribution in [0.5, 0.6) is 0 Å². The van der Waals surface area contributed by atoms with Crippen LogP contribution in [0.2, 0.25) is 0 Å². The monoisotopic (exact) mass is 425 g/mol. The molecule has 1 saturated heterocycles. The van der Waals surface area contributed by atoms with E-state index in [9.17, 15) is 4.79 Å². The van der Waals surface area contributed by atoms with Gasteiger partial charge in [0.2, 0.25) is 0 Å². The van der Waals surface area contributed by atoms with Gasteiger partial charge in [-0.05, 0) is 37.0 Å². The van der Waals surface area contributed by atoms with Gasteiger partial charge in [0.1, 0.15) is 0 Å². The van der Waals surface area contributed by atoms with Crippen LogP contribution in [0, 0.1) is 0 Å². The fourth-order valence-electron chi connectivity index (χ4n) is 3.90. The van der Waals surface area contributed by atoms with E-state index in [2.05, 4.69) is 53.0 Å². The molecule has 1 atom stereocenters. The zero-order valence-corrected chi connectivity index (χ0v) is 18.9. The van der Waals surface area contributed by atoms with Gasteiger partial charge in [0.15, 0.2) is 5.17 Å². The molecule has 4 rings (SSSR count). The summed E-state index contributed by atoms with van der Waals surface area (Å²) in [5.41, 5.74) is 3.92. The highest BCUT2D eigenvalue weighted by atomic mass is 32.2. The minimum absolute atomic E-state index is 0.0821. The first-order chi connectivity index (χ1) is 14.5. The van der Waals surface area contributed by atoms with Crippen molar-refractivity contribution in [1.82, 2.24) is 4.90 Å². The Bertz CT molecular complexity index is 884. The number of carbonyl (C=O) groups excluding carboxylic acids is 1. The lowest BCUT2D eigenvalue weighted by Gasteiger charge is -2.38. The summed E-state index contributed by atoms with van der Waals surface area (Å²) in [5.74, 6) is 1.44. The van der Waals surface area contributed by atoms with E-state index in [0.29, 0.717) is 17.5 Å². The second kappa shape index (κ2) is 9.25. The Morgan fingerprint density at radius 2 is 1.97 bits per heavy atom. The SMILES string of the molecule is CC1CSC(N2CCN(c3cc(C(C)C)ccc3NC(=O)C3=CCCN=C3)CC2)=N1. The van der Waals surface area contributed by atoms with Gasteiger partial charge in [0.25, 0.3) is 5.91 Å². The van der Waals surface area contributed by atoms with Gasteiger partial charge in [-0.3, -0.25) is 14.8 Å². The van der Waals surface area contributed by atoms with Gasteiger partial charge in [-0.15, -0.1) is 0 Å². The number of dihydropyridines is 1. The fraction of sp³-hybridized carbons (Fsp3) is 0.522. The maximum atomic E-state index is 12.8. The van der Waals surface area contributed by atoms with Crippen molar-refractivity contribution >= 4 is 40.4 Å². The molecular formula is C23H31N5OS. The van der Waals surface area contributed by atoms with E-state index >= 15 is 0 Å². The van der Waals surface area contributed by atoms with Crippen LogP contribution in [0.25, 0.3) is 0 Å². The van der Waals surface area contributed by atoms with Crippen molar-refractivity contribution < 1.29 is 4.79 Å². The highest BCUT2D eigenvalue weighted by molar-refractivity contribution is 8.14. The van der Waals surface area contributed by atoms with E-state index in [1.807, 2.05) is 23.9 Å². The third kappa shape index (κ3) is 4.72. The van der Waals surface area contributed by atoms with Crippen LogP contribution in [0.1, 0.15) is 38.7 Å². The molecule has 1 fully saturated rings. The van der Waals surface area contributed by atoms with Crippen LogP contribution >= 0.6 is 11.8 Å². The van der Waals surface area contributed by atoms with Crippen LogP contribution in [-0.4, -0.2) is 66.7 Å². The van der Waals surface area contributed by atoms with E-state index in [-0.39, 0.29) is 5.91 Å². The smallest absolute Gasteiger partial charge is 0.256 e. The van der Waals surface area contributed by atoms with Crippen molar-refractivity contribution in [3.8, 4) is 0 Å². The molecule has 1 amide bonds. The van der Waals surface area contributed by atoms with Crippen molar-refractivity contribution in [2.45, 2.75) is 39.2 Å². The van der Waals surface area contributed by atoms with Gasteiger partial charge < -0.3 is 15.1 Å². The number of piperazine rings is 1. The molecule has 3 heterocycles. The Morgan fingerprint density at radius 1 is 1.20 bits per heavy atom. The van der Waals surface area contributed by atoms with Crippen molar-refractivity contribution in [3.05, 3.63) is 35.4 Å². The Balaban J connectivity index is 1.51. The van der Waals surface area contributed by atoms with Gasteiger partial charge in [0, 0.05) is 44.7 Å². The second-order valence-corrected chi connectivity index (χ2v) is 9.40. The van der Waals surface area contributed by atoms with Crippen LogP contribution < -0.4 is 10.2 Å². The third-order valence-electron chi connectivity index (χ3n) is 5.73. The van der Waals surface area contributed by atoms with E-state index in [1.165, 1.54) is 10.7 Å².